The Morgan fingerprint density at radius 2 is 2.11 bits per heavy atom. The first-order chi connectivity index (χ1) is 4.35. The van der Waals surface area contributed by atoms with Gasteiger partial charge < -0.3 is 10.1 Å². The van der Waals surface area contributed by atoms with Gasteiger partial charge in [-0.3, -0.25) is 0 Å². The highest BCUT2D eigenvalue weighted by molar-refractivity contribution is 6.42. The molecule has 1 N–H and O–H groups in total. The number of hydrogen-bond donors (Lipinski definition) is 1. The fourth-order valence-corrected chi connectivity index (χ4v) is 0.766. The fraction of sp³-hybridized carbons (Fsp3) is 0.750. The summed E-state index contributed by atoms with van der Waals surface area (Å²) in [6.07, 6.45) is 0. The lowest BCUT2D eigenvalue weighted by Crippen LogP contribution is -2.14. The third kappa shape index (κ3) is 4.76. The van der Waals surface area contributed by atoms with E-state index < -0.39 is 0 Å². The Balaban J connectivity index is 3.48. The number of nitrogens with one attached hydrogen (secondary N) is 1. The SMILES string of the molecule is CNBN=C(CCl)CCl. The average molecular weight is 167 g/mol. The Labute approximate surface area is 65.9 Å². The van der Waals surface area contributed by atoms with Crippen molar-refractivity contribution >= 4 is 36.5 Å². The van der Waals surface area contributed by atoms with Gasteiger partial charge in [0.1, 0.15) is 0 Å². The van der Waals surface area contributed by atoms with Crippen LogP contribution in [0.5, 0.6) is 0 Å². The molecular formula is C4H9BCl2N2. The second-order valence-electron chi connectivity index (χ2n) is 1.50. The first-order valence-corrected chi connectivity index (χ1v) is 3.70. The van der Waals surface area contributed by atoms with Gasteiger partial charge in [-0.25, -0.2) is 0 Å². The van der Waals surface area contributed by atoms with Crippen LogP contribution in [0.4, 0.5) is 0 Å². The quantitative estimate of drug-likeness (QED) is 0.365. The van der Waals surface area contributed by atoms with Crippen LogP contribution < -0.4 is 5.23 Å². The number of rotatable bonds is 4. The van der Waals surface area contributed by atoms with Gasteiger partial charge in [0.15, 0.2) is 0 Å². The van der Waals surface area contributed by atoms with E-state index in [0.717, 1.165) is 5.71 Å². The highest BCUT2D eigenvalue weighted by Crippen LogP contribution is 1.86. The van der Waals surface area contributed by atoms with Crippen LogP contribution in [0.1, 0.15) is 0 Å². The lowest BCUT2D eigenvalue weighted by molar-refractivity contribution is 1.23. The lowest BCUT2D eigenvalue weighted by Gasteiger charge is -1.94. The Bertz CT molecular complexity index is 90.6. The number of alkyl halides is 2. The minimum absolute atomic E-state index is 0.422. The molecular weight excluding hydrogens is 158 g/mol. The topological polar surface area (TPSA) is 24.4 Å². The third-order valence-corrected chi connectivity index (χ3v) is 1.39. The second-order valence-corrected chi connectivity index (χ2v) is 2.04. The molecule has 0 aromatic heterocycles. The van der Waals surface area contributed by atoms with Crippen molar-refractivity contribution in [3.05, 3.63) is 0 Å². The van der Waals surface area contributed by atoms with Crippen LogP contribution in [-0.2, 0) is 0 Å². The van der Waals surface area contributed by atoms with Crippen molar-refractivity contribution in [2.45, 2.75) is 0 Å². The van der Waals surface area contributed by atoms with Gasteiger partial charge in [0.05, 0.1) is 11.8 Å². The lowest BCUT2D eigenvalue weighted by atomic mass is 10.2. The first kappa shape index (κ1) is 9.27. The average Bonchev–Trinajstić information content (AvgIpc) is 1.91. The zero-order valence-corrected chi connectivity index (χ0v) is 6.84. The van der Waals surface area contributed by atoms with E-state index in [-0.39, 0.29) is 0 Å². The molecule has 0 spiro atoms. The van der Waals surface area contributed by atoms with Crippen molar-refractivity contribution < 1.29 is 0 Å². The predicted molar refractivity (Wildman–Crippen MR) is 45.1 cm³/mol. The molecule has 5 heteroatoms. The molecule has 2 nitrogen and oxygen atoms in total. The van der Waals surface area contributed by atoms with Gasteiger partial charge >= 0.3 is 7.55 Å². The zero-order chi connectivity index (χ0) is 7.11. The standard InChI is InChI=1S/C4H9BCl2N2/c1-8-5-9-4(2-6)3-7/h5,8H,2-3H2,1H3. The van der Waals surface area contributed by atoms with Crippen LogP contribution in [0.25, 0.3) is 0 Å². The summed E-state index contributed by atoms with van der Waals surface area (Å²) in [6, 6.07) is 0. The van der Waals surface area contributed by atoms with Crippen molar-refractivity contribution in [3.8, 4) is 0 Å². The highest BCUT2D eigenvalue weighted by Gasteiger charge is 1.91. The maximum absolute atomic E-state index is 5.46. The van der Waals surface area contributed by atoms with E-state index in [4.69, 9.17) is 23.2 Å². The molecule has 0 radical (unpaired) electrons. The Morgan fingerprint density at radius 1 is 1.56 bits per heavy atom. The zero-order valence-electron chi connectivity index (χ0n) is 5.32. The Morgan fingerprint density at radius 3 is 2.44 bits per heavy atom. The van der Waals surface area contributed by atoms with Crippen molar-refractivity contribution in [3.63, 3.8) is 0 Å². The Hall–Kier alpha value is 0.275. The van der Waals surface area contributed by atoms with Crippen LogP contribution in [0.15, 0.2) is 4.90 Å². The van der Waals surface area contributed by atoms with Gasteiger partial charge in [-0.1, -0.05) is 0 Å². The second kappa shape index (κ2) is 6.40. The molecule has 0 rings (SSSR count). The molecule has 0 aromatic carbocycles. The summed E-state index contributed by atoms with van der Waals surface area (Å²) in [6.45, 7) is 0. The van der Waals surface area contributed by atoms with E-state index in [1.165, 1.54) is 0 Å². The van der Waals surface area contributed by atoms with E-state index in [2.05, 4.69) is 10.1 Å². The first-order valence-electron chi connectivity index (χ1n) is 2.64. The molecule has 52 valence electrons. The van der Waals surface area contributed by atoms with Gasteiger partial charge in [-0.15, -0.1) is 23.2 Å². The third-order valence-electron chi connectivity index (χ3n) is 0.769. The molecule has 0 aliphatic heterocycles. The van der Waals surface area contributed by atoms with Crippen molar-refractivity contribution in [1.29, 1.82) is 0 Å². The predicted octanol–water partition coefficient (Wildman–Crippen LogP) is 0.391. The van der Waals surface area contributed by atoms with E-state index in [9.17, 15) is 0 Å². The van der Waals surface area contributed by atoms with Gasteiger partial charge in [0, 0.05) is 5.71 Å². The van der Waals surface area contributed by atoms with Crippen LogP contribution in [0.3, 0.4) is 0 Å². The summed E-state index contributed by atoms with van der Waals surface area (Å²) < 4.78 is 0. The smallest absolute Gasteiger partial charge is 0.341 e. The molecule has 0 aromatic rings. The number of halogens is 2. The van der Waals surface area contributed by atoms with Crippen LogP contribution in [-0.4, -0.2) is 32.1 Å². The largest absolute Gasteiger partial charge is 0.341 e. The summed E-state index contributed by atoms with van der Waals surface area (Å²) >= 11 is 10.9. The van der Waals surface area contributed by atoms with Gasteiger partial charge in [0.25, 0.3) is 0 Å². The molecule has 0 bridgehead atoms. The summed E-state index contributed by atoms with van der Waals surface area (Å²) in [5.41, 5.74) is 0.827. The minimum Gasteiger partial charge on any atom is -0.341 e. The molecule has 0 fully saturated rings. The number of nitrogens with zero attached hydrogens (tertiary/aromatic N) is 1. The van der Waals surface area contributed by atoms with E-state index >= 15 is 0 Å². The van der Waals surface area contributed by atoms with Crippen molar-refractivity contribution in [2.75, 3.05) is 18.8 Å². The van der Waals surface area contributed by atoms with Crippen LogP contribution in [0.2, 0.25) is 0 Å². The van der Waals surface area contributed by atoms with E-state index in [1.807, 2.05) is 7.05 Å². The summed E-state index contributed by atoms with van der Waals surface area (Å²) in [5, 5.41) is 2.86. The van der Waals surface area contributed by atoms with Crippen LogP contribution in [0, 0.1) is 0 Å². The highest BCUT2D eigenvalue weighted by atomic mass is 35.5. The van der Waals surface area contributed by atoms with Crippen molar-refractivity contribution in [2.24, 2.45) is 4.90 Å². The van der Waals surface area contributed by atoms with Gasteiger partial charge in [-0.05, 0) is 7.05 Å². The normalized spacial score (nSPS) is 8.78. The Kier molecular flexibility index (Phi) is 6.59. The molecule has 9 heavy (non-hydrogen) atoms. The maximum Gasteiger partial charge on any atom is 0.341 e. The van der Waals surface area contributed by atoms with E-state index in [1.54, 1.807) is 0 Å². The monoisotopic (exact) mass is 166 g/mol. The molecule has 0 aliphatic rings. The summed E-state index contributed by atoms with van der Waals surface area (Å²) in [7, 11) is 2.42. The van der Waals surface area contributed by atoms with Gasteiger partial charge in [0.2, 0.25) is 0 Å². The van der Waals surface area contributed by atoms with Crippen molar-refractivity contribution in [1.82, 2.24) is 5.23 Å². The molecule has 0 saturated heterocycles. The molecule has 0 atom stereocenters. The maximum atomic E-state index is 5.46. The summed E-state index contributed by atoms with van der Waals surface area (Å²) in [4.78, 5) is 4.02. The van der Waals surface area contributed by atoms with Crippen LogP contribution >= 0.6 is 23.2 Å². The minimum atomic E-state index is 0.422. The molecule has 0 heterocycles. The molecule has 0 aliphatic carbocycles. The molecule has 0 unspecified atom stereocenters. The molecule has 0 saturated carbocycles. The van der Waals surface area contributed by atoms with E-state index in [0.29, 0.717) is 19.3 Å². The molecule has 0 amide bonds. The number of hydrogen-bond acceptors (Lipinski definition) is 2. The van der Waals surface area contributed by atoms with Gasteiger partial charge in [-0.2, -0.15) is 0 Å². The summed E-state index contributed by atoms with van der Waals surface area (Å²) in [5.74, 6) is 0.844. The fourth-order valence-electron chi connectivity index (χ4n) is 0.311.